The Morgan fingerprint density at radius 3 is 2.03 bits per heavy atom. The Hall–Kier alpha value is -5.65. The molecule has 1 N–H and O–H groups in total. The van der Waals surface area contributed by atoms with Gasteiger partial charge in [0.2, 0.25) is 17.7 Å². The minimum atomic E-state index is -0.728. The Morgan fingerprint density at radius 1 is 0.763 bits per heavy atom. The summed E-state index contributed by atoms with van der Waals surface area (Å²) in [6.45, 7) is 11.5. The van der Waals surface area contributed by atoms with Gasteiger partial charge in [0.1, 0.15) is 11.8 Å². The lowest BCUT2D eigenvalue weighted by atomic mass is 10.0. The van der Waals surface area contributed by atoms with Crippen molar-refractivity contribution >= 4 is 35.2 Å². The van der Waals surface area contributed by atoms with E-state index >= 15 is 0 Å². The minimum Gasteiger partial charge on any atom is -0.494 e. The summed E-state index contributed by atoms with van der Waals surface area (Å²) in [6, 6.07) is 33.6. The van der Waals surface area contributed by atoms with Gasteiger partial charge in [0.15, 0.2) is 0 Å². The Bertz CT molecular complexity index is 1960. The van der Waals surface area contributed by atoms with Gasteiger partial charge in [-0.15, -0.1) is 0 Å². The van der Waals surface area contributed by atoms with E-state index in [9.17, 15) is 19.5 Å². The third-order valence-corrected chi connectivity index (χ3v) is 11.3. The number of anilines is 2. The topological polar surface area (TPSA) is 100 Å². The summed E-state index contributed by atoms with van der Waals surface area (Å²) in [6.07, 6.45) is 4.70. The van der Waals surface area contributed by atoms with E-state index in [0.29, 0.717) is 45.8 Å². The molecule has 312 valence electrons. The number of benzene rings is 4. The van der Waals surface area contributed by atoms with Crippen LogP contribution in [0.2, 0.25) is 0 Å². The van der Waals surface area contributed by atoms with Gasteiger partial charge >= 0.3 is 0 Å². The maximum Gasteiger partial charge on any atom is 0.247 e. The number of hydrogen-bond donors (Lipinski definition) is 1. The van der Waals surface area contributed by atoms with E-state index in [1.807, 2.05) is 94.6 Å². The fourth-order valence-electron chi connectivity index (χ4n) is 7.69. The first kappa shape index (κ1) is 42.9. The first-order valence-corrected chi connectivity index (χ1v) is 21.0. The van der Waals surface area contributed by atoms with E-state index in [0.717, 1.165) is 73.0 Å². The van der Waals surface area contributed by atoms with Gasteiger partial charge in [-0.1, -0.05) is 73.7 Å². The monoisotopic (exact) mass is 800 g/mol. The van der Waals surface area contributed by atoms with Gasteiger partial charge in [-0.05, 0) is 71.1 Å². The molecule has 2 aliphatic rings. The molecule has 1 unspecified atom stereocenters. The zero-order valence-electron chi connectivity index (χ0n) is 34.9. The standard InChI is InChI=1S/C48H60N6O5/c1-4-34-59-45-21-14-39(15-22-45)16-23-47(57)54(37-42-12-19-44(20-13-42)52-30-28-51(29-31-52)38(2)56)46(35-40-8-6-5-7-9-40)48(58)53-26-24-50(25-27-53)36-41-10-17-43(18-11-41)49(3)32-33-55/h5-23,46,55H,4,24-37H2,1-3H3. The molecule has 11 heteroatoms. The van der Waals surface area contributed by atoms with Gasteiger partial charge in [0.25, 0.3) is 0 Å². The van der Waals surface area contributed by atoms with E-state index in [4.69, 9.17) is 4.74 Å². The molecule has 0 aliphatic carbocycles. The van der Waals surface area contributed by atoms with Gasteiger partial charge in [0, 0.05) is 110 Å². The van der Waals surface area contributed by atoms with Crippen LogP contribution in [0.3, 0.4) is 0 Å². The van der Waals surface area contributed by atoms with Crippen LogP contribution in [0.25, 0.3) is 6.08 Å². The average Bonchev–Trinajstić information content (AvgIpc) is 3.27. The number of carbonyl (C=O) groups excluding carboxylic acids is 3. The zero-order chi connectivity index (χ0) is 41.6. The van der Waals surface area contributed by atoms with Gasteiger partial charge in [0.05, 0.1) is 13.2 Å². The lowest BCUT2D eigenvalue weighted by Gasteiger charge is -2.39. The summed E-state index contributed by atoms with van der Waals surface area (Å²) in [5.74, 6) is 0.601. The number of rotatable bonds is 17. The molecule has 0 aromatic heterocycles. The van der Waals surface area contributed by atoms with Gasteiger partial charge in [-0.25, -0.2) is 0 Å². The molecule has 0 saturated carbocycles. The number of nitrogens with zero attached hydrogens (tertiary/aromatic N) is 6. The van der Waals surface area contributed by atoms with E-state index in [-0.39, 0.29) is 30.9 Å². The quantitative estimate of drug-likeness (QED) is 0.139. The van der Waals surface area contributed by atoms with Gasteiger partial charge < -0.3 is 34.3 Å². The van der Waals surface area contributed by atoms with Crippen LogP contribution in [0.1, 0.15) is 42.5 Å². The summed E-state index contributed by atoms with van der Waals surface area (Å²) in [4.78, 5) is 53.4. The number of likely N-dealkylation sites (N-methyl/N-ethyl adjacent to an activating group) is 1. The largest absolute Gasteiger partial charge is 0.494 e. The number of amides is 3. The highest BCUT2D eigenvalue weighted by Crippen LogP contribution is 2.23. The van der Waals surface area contributed by atoms with Crippen LogP contribution in [0, 0.1) is 0 Å². The van der Waals surface area contributed by atoms with Crippen molar-refractivity contribution in [3.63, 3.8) is 0 Å². The molecule has 4 aromatic rings. The number of hydrogen-bond acceptors (Lipinski definition) is 8. The molecule has 0 radical (unpaired) electrons. The van der Waals surface area contributed by atoms with Crippen molar-refractivity contribution < 1.29 is 24.2 Å². The van der Waals surface area contributed by atoms with Crippen LogP contribution in [0.5, 0.6) is 5.75 Å². The lowest BCUT2D eigenvalue weighted by Crippen LogP contribution is -2.56. The van der Waals surface area contributed by atoms with Crippen molar-refractivity contribution in [1.29, 1.82) is 0 Å². The second kappa shape index (κ2) is 21.4. The van der Waals surface area contributed by atoms with Crippen molar-refractivity contribution in [2.45, 2.75) is 45.8 Å². The van der Waals surface area contributed by atoms with E-state index < -0.39 is 6.04 Å². The van der Waals surface area contributed by atoms with Gasteiger partial charge in [-0.2, -0.15) is 0 Å². The molecule has 2 fully saturated rings. The highest BCUT2D eigenvalue weighted by atomic mass is 16.5. The maximum absolute atomic E-state index is 14.8. The highest BCUT2D eigenvalue weighted by molar-refractivity contribution is 5.96. The minimum absolute atomic E-state index is 0.0519. The summed E-state index contributed by atoms with van der Waals surface area (Å²) >= 11 is 0. The van der Waals surface area contributed by atoms with Crippen LogP contribution in [0.15, 0.2) is 109 Å². The Kier molecular flexibility index (Phi) is 15.6. The SMILES string of the molecule is CCCOc1ccc(C=CC(=O)N(Cc2ccc(N3CCN(C(C)=O)CC3)cc2)C(Cc2ccccc2)C(=O)N2CCN(Cc3ccc(N(C)CCO)cc3)CC2)cc1. The zero-order valence-corrected chi connectivity index (χ0v) is 34.9. The molecule has 1 atom stereocenters. The van der Waals surface area contributed by atoms with Crippen molar-refractivity contribution in [2.24, 2.45) is 0 Å². The third-order valence-electron chi connectivity index (χ3n) is 11.3. The molecule has 11 nitrogen and oxygen atoms in total. The fourth-order valence-corrected chi connectivity index (χ4v) is 7.69. The lowest BCUT2D eigenvalue weighted by molar-refractivity contribution is -0.145. The average molecular weight is 801 g/mol. The van der Waals surface area contributed by atoms with E-state index in [2.05, 4.69) is 53.1 Å². The molecular weight excluding hydrogens is 741 g/mol. The molecule has 2 heterocycles. The number of piperazine rings is 2. The van der Waals surface area contributed by atoms with E-state index in [1.54, 1.807) is 17.9 Å². The number of aliphatic hydroxyl groups excluding tert-OH is 1. The van der Waals surface area contributed by atoms with Crippen LogP contribution in [0.4, 0.5) is 11.4 Å². The predicted molar refractivity (Wildman–Crippen MR) is 235 cm³/mol. The molecule has 2 aliphatic heterocycles. The molecule has 6 rings (SSSR count). The van der Waals surface area contributed by atoms with Crippen LogP contribution in [-0.4, -0.2) is 128 Å². The Morgan fingerprint density at radius 2 is 1.41 bits per heavy atom. The summed E-state index contributed by atoms with van der Waals surface area (Å²) < 4.78 is 5.76. The fraction of sp³-hybridized carbons (Fsp3) is 0.396. The van der Waals surface area contributed by atoms with Crippen molar-refractivity contribution in [1.82, 2.24) is 19.6 Å². The smallest absolute Gasteiger partial charge is 0.247 e. The normalized spacial score (nSPS) is 15.3. The summed E-state index contributed by atoms with van der Waals surface area (Å²) in [5, 5.41) is 9.31. The second-order valence-corrected chi connectivity index (χ2v) is 15.5. The molecule has 59 heavy (non-hydrogen) atoms. The van der Waals surface area contributed by atoms with Crippen molar-refractivity contribution in [3.05, 3.63) is 131 Å². The van der Waals surface area contributed by atoms with Crippen molar-refractivity contribution in [3.8, 4) is 5.75 Å². The predicted octanol–water partition coefficient (Wildman–Crippen LogP) is 5.57. The number of carbonyl (C=O) groups is 3. The first-order valence-electron chi connectivity index (χ1n) is 21.0. The molecule has 3 amide bonds. The van der Waals surface area contributed by atoms with Crippen LogP contribution < -0.4 is 14.5 Å². The Balaban J connectivity index is 1.21. The molecule has 4 aromatic carbocycles. The van der Waals surface area contributed by atoms with Crippen molar-refractivity contribution in [2.75, 3.05) is 89.0 Å². The molecule has 0 spiro atoms. The van der Waals surface area contributed by atoms with Crippen LogP contribution >= 0.6 is 0 Å². The molecule has 2 saturated heterocycles. The third kappa shape index (κ3) is 12.2. The second-order valence-electron chi connectivity index (χ2n) is 15.5. The summed E-state index contributed by atoms with van der Waals surface area (Å²) in [7, 11) is 1.97. The maximum atomic E-state index is 14.8. The van der Waals surface area contributed by atoms with Crippen LogP contribution in [-0.2, 0) is 33.9 Å². The highest BCUT2D eigenvalue weighted by Gasteiger charge is 2.34. The van der Waals surface area contributed by atoms with Gasteiger partial charge in [-0.3, -0.25) is 19.3 Å². The first-order chi connectivity index (χ1) is 28.7. The number of aliphatic hydroxyl groups is 1. The molecule has 0 bridgehead atoms. The summed E-state index contributed by atoms with van der Waals surface area (Å²) in [5.41, 5.74) is 6.11. The molecular formula is C48H60N6O5. The Labute approximate surface area is 350 Å². The van der Waals surface area contributed by atoms with E-state index in [1.165, 1.54) is 5.56 Å². The number of ether oxygens (including phenoxy) is 1.